The molecule has 1 saturated heterocycles. The molecule has 1 heterocycles. The minimum Gasteiger partial charge on any atom is -0.480 e. The molecule has 6 nitrogen and oxygen atoms in total. The Morgan fingerprint density at radius 3 is 2.44 bits per heavy atom. The summed E-state index contributed by atoms with van der Waals surface area (Å²) in [5.41, 5.74) is 5.14. The van der Waals surface area contributed by atoms with Gasteiger partial charge in [-0.25, -0.2) is 4.79 Å². The summed E-state index contributed by atoms with van der Waals surface area (Å²) in [5, 5.41) is 18.7. The van der Waals surface area contributed by atoms with E-state index in [4.69, 9.17) is 10.8 Å². The summed E-state index contributed by atoms with van der Waals surface area (Å²) in [7, 11) is 0. The van der Waals surface area contributed by atoms with Crippen LogP contribution in [0.15, 0.2) is 0 Å². The molecular weight excluding hydrogens is 236 g/mol. The number of aliphatic hydroxyl groups excluding tert-OH is 1. The number of β-amino-alcohol motifs (C(OH)–C–C–N with tert-alkyl or cyclic N) is 1. The Bertz CT molecular complexity index is 352. The number of hydrogen-bond donors (Lipinski definition) is 3. The van der Waals surface area contributed by atoms with Crippen LogP contribution in [0, 0.1) is 5.41 Å². The summed E-state index contributed by atoms with van der Waals surface area (Å²) in [5.74, 6) is -1.24. The van der Waals surface area contributed by atoms with Gasteiger partial charge in [-0.3, -0.25) is 4.79 Å². The van der Waals surface area contributed by atoms with Crippen LogP contribution >= 0.6 is 0 Å². The van der Waals surface area contributed by atoms with Crippen LogP contribution in [0.4, 0.5) is 0 Å². The van der Waals surface area contributed by atoms with E-state index in [0.29, 0.717) is 0 Å². The van der Waals surface area contributed by atoms with Crippen molar-refractivity contribution < 1.29 is 19.8 Å². The summed E-state index contributed by atoms with van der Waals surface area (Å²) < 4.78 is 0. The maximum absolute atomic E-state index is 12.5. The molecule has 0 radical (unpaired) electrons. The van der Waals surface area contributed by atoms with Crippen molar-refractivity contribution in [3.8, 4) is 0 Å². The normalized spacial score (nSPS) is 30.7. The maximum Gasteiger partial charge on any atom is 0.326 e. The number of amides is 1. The fourth-order valence-corrected chi connectivity index (χ4v) is 3.13. The predicted octanol–water partition coefficient (Wildman–Crippen LogP) is -0.448. The van der Waals surface area contributed by atoms with Gasteiger partial charge >= 0.3 is 5.97 Å². The van der Waals surface area contributed by atoms with Gasteiger partial charge in [0, 0.05) is 19.5 Å². The summed E-state index contributed by atoms with van der Waals surface area (Å²) in [6.07, 6.45) is 2.73. The van der Waals surface area contributed by atoms with Crippen LogP contribution in [0.2, 0.25) is 0 Å². The van der Waals surface area contributed by atoms with E-state index in [1.165, 1.54) is 4.90 Å². The zero-order chi connectivity index (χ0) is 13.3. The fourth-order valence-electron chi connectivity index (χ4n) is 3.13. The Balaban J connectivity index is 2.19. The predicted molar refractivity (Wildman–Crippen MR) is 63.7 cm³/mol. The van der Waals surface area contributed by atoms with Crippen LogP contribution < -0.4 is 5.73 Å². The van der Waals surface area contributed by atoms with E-state index in [0.717, 1.165) is 25.7 Å². The first-order valence-corrected chi connectivity index (χ1v) is 6.42. The number of carboxylic acids is 1. The molecule has 1 aliphatic carbocycles. The molecule has 2 aliphatic rings. The van der Waals surface area contributed by atoms with Crippen LogP contribution in [0.25, 0.3) is 0 Å². The molecule has 1 aliphatic heterocycles. The molecule has 1 amide bonds. The molecule has 6 heteroatoms. The van der Waals surface area contributed by atoms with Crippen molar-refractivity contribution in [2.24, 2.45) is 11.1 Å². The average Bonchev–Trinajstić information content (AvgIpc) is 2.95. The summed E-state index contributed by atoms with van der Waals surface area (Å²) in [6, 6.07) is -0.906. The zero-order valence-electron chi connectivity index (χ0n) is 10.3. The first-order valence-electron chi connectivity index (χ1n) is 6.42. The topological polar surface area (TPSA) is 104 Å². The van der Waals surface area contributed by atoms with Crippen LogP contribution in [-0.4, -0.2) is 52.2 Å². The summed E-state index contributed by atoms with van der Waals surface area (Å²) >= 11 is 0. The second-order valence-electron chi connectivity index (χ2n) is 5.39. The summed E-state index contributed by atoms with van der Waals surface area (Å²) in [6.45, 7) is 0.363. The molecule has 18 heavy (non-hydrogen) atoms. The van der Waals surface area contributed by atoms with E-state index in [9.17, 15) is 14.7 Å². The number of carbonyl (C=O) groups is 2. The van der Waals surface area contributed by atoms with Crippen molar-refractivity contribution in [2.75, 3.05) is 13.1 Å². The third kappa shape index (κ3) is 2.10. The van der Waals surface area contributed by atoms with Crippen LogP contribution in [0.5, 0.6) is 0 Å². The molecule has 102 valence electrons. The van der Waals surface area contributed by atoms with Crippen molar-refractivity contribution in [3.63, 3.8) is 0 Å². The van der Waals surface area contributed by atoms with Crippen molar-refractivity contribution >= 4 is 11.9 Å². The number of rotatable bonds is 3. The monoisotopic (exact) mass is 256 g/mol. The van der Waals surface area contributed by atoms with E-state index in [-0.39, 0.29) is 25.4 Å². The molecule has 0 unspecified atom stereocenters. The number of likely N-dealkylation sites (tertiary alicyclic amines) is 1. The SMILES string of the molecule is NCC1(C(=O)N2C[C@H](O)C[C@H]2C(=O)O)CCCC1. The van der Waals surface area contributed by atoms with Gasteiger partial charge < -0.3 is 20.8 Å². The van der Waals surface area contributed by atoms with E-state index >= 15 is 0 Å². The number of nitrogens with zero attached hydrogens (tertiary/aromatic N) is 1. The lowest BCUT2D eigenvalue weighted by Crippen LogP contribution is -2.50. The molecule has 2 rings (SSSR count). The largest absolute Gasteiger partial charge is 0.480 e. The maximum atomic E-state index is 12.5. The molecule has 0 bridgehead atoms. The minimum atomic E-state index is -1.05. The highest BCUT2D eigenvalue weighted by Crippen LogP contribution is 2.40. The lowest BCUT2D eigenvalue weighted by Gasteiger charge is -2.33. The van der Waals surface area contributed by atoms with E-state index in [1.807, 2.05) is 0 Å². The molecule has 4 N–H and O–H groups in total. The number of hydrogen-bond acceptors (Lipinski definition) is 4. The zero-order valence-corrected chi connectivity index (χ0v) is 10.3. The highest BCUT2D eigenvalue weighted by Gasteiger charge is 2.48. The average molecular weight is 256 g/mol. The van der Waals surface area contributed by atoms with Gasteiger partial charge in [-0.15, -0.1) is 0 Å². The fraction of sp³-hybridized carbons (Fsp3) is 0.833. The molecule has 2 atom stereocenters. The Morgan fingerprint density at radius 1 is 1.33 bits per heavy atom. The van der Waals surface area contributed by atoms with Gasteiger partial charge in [-0.2, -0.15) is 0 Å². The number of aliphatic carboxylic acids is 1. The second kappa shape index (κ2) is 4.85. The number of nitrogens with two attached hydrogens (primary N) is 1. The number of aliphatic hydroxyl groups is 1. The third-order valence-corrected chi connectivity index (χ3v) is 4.23. The molecule has 1 saturated carbocycles. The minimum absolute atomic E-state index is 0.109. The lowest BCUT2D eigenvalue weighted by molar-refractivity contribution is -0.152. The van der Waals surface area contributed by atoms with E-state index in [2.05, 4.69) is 0 Å². The highest BCUT2D eigenvalue weighted by molar-refractivity contribution is 5.88. The van der Waals surface area contributed by atoms with Gasteiger partial charge in [-0.05, 0) is 12.8 Å². The molecule has 0 spiro atoms. The Labute approximate surface area is 106 Å². The van der Waals surface area contributed by atoms with Gasteiger partial charge in [0.15, 0.2) is 0 Å². The number of carbonyl (C=O) groups excluding carboxylic acids is 1. The van der Waals surface area contributed by atoms with Crippen molar-refractivity contribution in [3.05, 3.63) is 0 Å². The van der Waals surface area contributed by atoms with E-state index in [1.54, 1.807) is 0 Å². The van der Waals surface area contributed by atoms with E-state index < -0.39 is 23.5 Å². The molecule has 0 aromatic rings. The number of carboxylic acid groups (broad SMARTS) is 1. The highest BCUT2D eigenvalue weighted by atomic mass is 16.4. The first kappa shape index (κ1) is 13.3. The Kier molecular flexibility index (Phi) is 3.59. The smallest absolute Gasteiger partial charge is 0.326 e. The third-order valence-electron chi connectivity index (χ3n) is 4.23. The molecule has 2 fully saturated rings. The van der Waals surface area contributed by atoms with Crippen molar-refractivity contribution in [2.45, 2.75) is 44.2 Å². The Morgan fingerprint density at radius 2 is 1.94 bits per heavy atom. The van der Waals surface area contributed by atoms with Crippen molar-refractivity contribution in [1.82, 2.24) is 4.90 Å². The molecule has 0 aromatic heterocycles. The lowest BCUT2D eigenvalue weighted by atomic mass is 9.84. The van der Waals surface area contributed by atoms with Crippen molar-refractivity contribution in [1.29, 1.82) is 0 Å². The van der Waals surface area contributed by atoms with Crippen LogP contribution in [0.1, 0.15) is 32.1 Å². The van der Waals surface area contributed by atoms with Gasteiger partial charge in [-0.1, -0.05) is 12.8 Å². The van der Waals surface area contributed by atoms with Crippen LogP contribution in [-0.2, 0) is 9.59 Å². The standard InChI is InChI=1S/C12H20N2O4/c13-7-12(3-1-2-4-12)11(18)14-6-8(15)5-9(14)10(16)17/h8-9,15H,1-7,13H2,(H,16,17)/t8-,9+/m1/s1. The quantitative estimate of drug-likeness (QED) is 0.634. The summed E-state index contributed by atoms with van der Waals surface area (Å²) in [4.78, 5) is 25.0. The molecular formula is C12H20N2O4. The van der Waals surface area contributed by atoms with Gasteiger partial charge in [0.25, 0.3) is 0 Å². The van der Waals surface area contributed by atoms with Gasteiger partial charge in [0.05, 0.1) is 11.5 Å². The van der Waals surface area contributed by atoms with Gasteiger partial charge in [0.1, 0.15) is 6.04 Å². The second-order valence-corrected chi connectivity index (χ2v) is 5.39. The van der Waals surface area contributed by atoms with Crippen LogP contribution in [0.3, 0.4) is 0 Å². The van der Waals surface area contributed by atoms with Gasteiger partial charge in [0.2, 0.25) is 5.91 Å². The first-order chi connectivity index (χ1) is 8.50. The Hall–Kier alpha value is -1.14. The molecule has 0 aromatic carbocycles.